The SMILES string of the molecule is COc1ccc(S(=O)(=O)N(CC(=O)N[C@@H](C)c2ccc(C)cc2C)c2cccc(Cl)c2)cc1. The Bertz CT molecular complexity index is 1240. The Morgan fingerprint density at radius 1 is 1.06 bits per heavy atom. The van der Waals surface area contributed by atoms with Crippen LogP contribution in [0.5, 0.6) is 5.75 Å². The topological polar surface area (TPSA) is 75.7 Å². The van der Waals surface area contributed by atoms with Crippen molar-refractivity contribution in [1.82, 2.24) is 5.32 Å². The molecule has 0 saturated heterocycles. The average molecular weight is 487 g/mol. The minimum atomic E-state index is -4.05. The first-order valence-electron chi connectivity index (χ1n) is 10.4. The third-order valence-corrected chi connectivity index (χ3v) is 7.32. The zero-order valence-corrected chi connectivity index (χ0v) is 20.6. The molecule has 0 aliphatic rings. The molecule has 0 aliphatic heterocycles. The van der Waals surface area contributed by atoms with Gasteiger partial charge in [-0.05, 0) is 74.4 Å². The highest BCUT2D eigenvalue weighted by molar-refractivity contribution is 7.92. The zero-order valence-electron chi connectivity index (χ0n) is 19.0. The van der Waals surface area contributed by atoms with Crippen LogP contribution in [0.2, 0.25) is 5.02 Å². The molecule has 3 aromatic carbocycles. The summed E-state index contributed by atoms with van der Waals surface area (Å²) in [6.07, 6.45) is 0. The smallest absolute Gasteiger partial charge is 0.264 e. The number of anilines is 1. The van der Waals surface area contributed by atoms with E-state index in [4.69, 9.17) is 16.3 Å². The Hall–Kier alpha value is -3.03. The van der Waals surface area contributed by atoms with Gasteiger partial charge in [0.05, 0.1) is 23.7 Å². The van der Waals surface area contributed by atoms with Crippen LogP contribution in [0, 0.1) is 13.8 Å². The Morgan fingerprint density at radius 2 is 1.76 bits per heavy atom. The fourth-order valence-corrected chi connectivity index (χ4v) is 5.23. The molecule has 1 amide bonds. The lowest BCUT2D eigenvalue weighted by molar-refractivity contribution is -0.120. The molecule has 174 valence electrons. The zero-order chi connectivity index (χ0) is 24.2. The van der Waals surface area contributed by atoms with Gasteiger partial charge in [-0.25, -0.2) is 8.42 Å². The first-order valence-corrected chi connectivity index (χ1v) is 12.2. The Balaban J connectivity index is 1.90. The Labute approximate surface area is 200 Å². The van der Waals surface area contributed by atoms with Crippen molar-refractivity contribution in [2.24, 2.45) is 0 Å². The van der Waals surface area contributed by atoms with Crippen molar-refractivity contribution in [1.29, 1.82) is 0 Å². The molecule has 0 spiro atoms. The largest absolute Gasteiger partial charge is 0.497 e. The third kappa shape index (κ3) is 5.86. The average Bonchev–Trinajstić information content (AvgIpc) is 2.77. The van der Waals surface area contributed by atoms with Crippen LogP contribution >= 0.6 is 11.6 Å². The second kappa shape index (κ2) is 10.3. The minimum Gasteiger partial charge on any atom is -0.497 e. The summed E-state index contributed by atoms with van der Waals surface area (Å²) in [7, 11) is -2.54. The van der Waals surface area contributed by atoms with Crippen LogP contribution in [0.25, 0.3) is 0 Å². The summed E-state index contributed by atoms with van der Waals surface area (Å²) >= 11 is 6.12. The number of rotatable bonds is 8. The maximum Gasteiger partial charge on any atom is 0.264 e. The van der Waals surface area contributed by atoms with Gasteiger partial charge in [0.2, 0.25) is 5.91 Å². The Kier molecular flexibility index (Phi) is 7.66. The van der Waals surface area contributed by atoms with E-state index in [9.17, 15) is 13.2 Å². The predicted molar refractivity (Wildman–Crippen MR) is 131 cm³/mol. The van der Waals surface area contributed by atoms with Crippen LogP contribution in [0.15, 0.2) is 71.6 Å². The van der Waals surface area contributed by atoms with Gasteiger partial charge in [-0.1, -0.05) is 41.4 Å². The van der Waals surface area contributed by atoms with Crippen molar-refractivity contribution in [2.45, 2.75) is 31.7 Å². The number of halogens is 1. The number of methoxy groups -OCH3 is 1. The number of nitrogens with one attached hydrogen (secondary N) is 1. The van der Waals surface area contributed by atoms with Crippen LogP contribution in [-0.2, 0) is 14.8 Å². The molecule has 33 heavy (non-hydrogen) atoms. The lowest BCUT2D eigenvalue weighted by atomic mass is 10.0. The molecule has 0 saturated carbocycles. The van der Waals surface area contributed by atoms with Gasteiger partial charge in [-0.2, -0.15) is 0 Å². The molecule has 0 fully saturated rings. The monoisotopic (exact) mass is 486 g/mol. The summed E-state index contributed by atoms with van der Waals surface area (Å²) in [6.45, 7) is 5.46. The summed E-state index contributed by atoms with van der Waals surface area (Å²) in [6, 6.07) is 18.1. The molecular weight excluding hydrogens is 460 g/mol. The summed E-state index contributed by atoms with van der Waals surface area (Å²) < 4.78 is 33.2. The van der Waals surface area contributed by atoms with Gasteiger partial charge in [0.25, 0.3) is 10.0 Å². The number of ether oxygens (including phenoxy) is 1. The highest BCUT2D eigenvalue weighted by Crippen LogP contribution is 2.27. The molecule has 1 N–H and O–H groups in total. The van der Waals surface area contributed by atoms with E-state index < -0.39 is 22.5 Å². The predicted octanol–water partition coefficient (Wildman–Crippen LogP) is 5.04. The molecule has 6 nitrogen and oxygen atoms in total. The number of amides is 1. The molecule has 0 radical (unpaired) electrons. The van der Waals surface area contributed by atoms with E-state index in [0.717, 1.165) is 21.0 Å². The summed E-state index contributed by atoms with van der Waals surface area (Å²) in [5.41, 5.74) is 3.46. The molecule has 3 rings (SSSR count). The maximum atomic E-state index is 13.5. The second-order valence-electron chi connectivity index (χ2n) is 7.82. The van der Waals surface area contributed by atoms with E-state index in [1.165, 1.54) is 25.3 Å². The number of carbonyl (C=O) groups excluding carboxylic acids is 1. The van der Waals surface area contributed by atoms with Gasteiger partial charge in [-0.15, -0.1) is 0 Å². The van der Waals surface area contributed by atoms with Crippen molar-refractivity contribution < 1.29 is 17.9 Å². The van der Waals surface area contributed by atoms with Gasteiger partial charge >= 0.3 is 0 Å². The third-order valence-electron chi connectivity index (χ3n) is 5.30. The molecule has 0 heterocycles. The van der Waals surface area contributed by atoms with E-state index in [-0.39, 0.29) is 10.9 Å². The fourth-order valence-electron chi connectivity index (χ4n) is 3.63. The second-order valence-corrected chi connectivity index (χ2v) is 10.1. The highest BCUT2D eigenvalue weighted by atomic mass is 35.5. The fraction of sp³-hybridized carbons (Fsp3) is 0.240. The van der Waals surface area contributed by atoms with E-state index >= 15 is 0 Å². The van der Waals surface area contributed by atoms with Crippen LogP contribution in [0.4, 0.5) is 5.69 Å². The van der Waals surface area contributed by atoms with Crippen LogP contribution < -0.4 is 14.4 Å². The molecular formula is C25H27ClN2O4S. The van der Waals surface area contributed by atoms with Crippen molar-refractivity contribution in [3.63, 3.8) is 0 Å². The van der Waals surface area contributed by atoms with E-state index in [1.54, 1.807) is 30.3 Å². The first-order chi connectivity index (χ1) is 15.6. The van der Waals surface area contributed by atoms with E-state index in [0.29, 0.717) is 16.5 Å². The van der Waals surface area contributed by atoms with Gasteiger partial charge in [0.15, 0.2) is 0 Å². The minimum absolute atomic E-state index is 0.0403. The molecule has 0 aromatic heterocycles. The molecule has 8 heteroatoms. The molecule has 1 atom stereocenters. The normalized spacial score (nSPS) is 12.2. The quantitative estimate of drug-likeness (QED) is 0.484. The molecule has 0 bridgehead atoms. The van der Waals surface area contributed by atoms with E-state index in [2.05, 4.69) is 5.32 Å². The number of carbonyl (C=O) groups is 1. The highest BCUT2D eigenvalue weighted by Gasteiger charge is 2.28. The molecule has 0 aliphatic carbocycles. The van der Waals surface area contributed by atoms with E-state index in [1.807, 2.05) is 39.0 Å². The standard InChI is InChI=1S/C25H27ClN2O4S/c1-17-8-13-24(18(2)14-17)19(3)27-25(29)16-28(21-7-5-6-20(26)15-21)33(30,31)23-11-9-22(32-4)10-12-23/h5-15,19H,16H2,1-4H3,(H,27,29)/t19-/m0/s1. The lowest BCUT2D eigenvalue weighted by Gasteiger charge is -2.25. The number of hydrogen-bond acceptors (Lipinski definition) is 4. The number of benzene rings is 3. The summed E-state index contributed by atoms with van der Waals surface area (Å²) in [5, 5.41) is 3.28. The lowest BCUT2D eigenvalue weighted by Crippen LogP contribution is -2.41. The number of sulfonamides is 1. The molecule has 0 unspecified atom stereocenters. The first kappa shape index (κ1) is 24.6. The number of nitrogens with zero attached hydrogens (tertiary/aromatic N) is 1. The number of aryl methyl sites for hydroxylation is 2. The van der Waals surface area contributed by atoms with Gasteiger partial charge in [0.1, 0.15) is 12.3 Å². The summed E-state index contributed by atoms with van der Waals surface area (Å²) in [5.74, 6) is 0.0998. The van der Waals surface area contributed by atoms with Crippen molar-refractivity contribution in [2.75, 3.05) is 18.0 Å². The van der Waals surface area contributed by atoms with Crippen molar-refractivity contribution in [3.8, 4) is 5.75 Å². The van der Waals surface area contributed by atoms with Gasteiger partial charge in [-0.3, -0.25) is 9.10 Å². The Morgan fingerprint density at radius 3 is 2.36 bits per heavy atom. The summed E-state index contributed by atoms with van der Waals surface area (Å²) in [4.78, 5) is 13.0. The van der Waals surface area contributed by atoms with Crippen molar-refractivity contribution in [3.05, 3.63) is 88.4 Å². The van der Waals surface area contributed by atoms with Gasteiger partial charge < -0.3 is 10.1 Å². The molecule has 3 aromatic rings. The van der Waals surface area contributed by atoms with Crippen LogP contribution in [-0.4, -0.2) is 28.0 Å². The van der Waals surface area contributed by atoms with Crippen molar-refractivity contribution >= 4 is 33.2 Å². The van der Waals surface area contributed by atoms with Crippen LogP contribution in [0.3, 0.4) is 0 Å². The maximum absolute atomic E-state index is 13.5. The van der Waals surface area contributed by atoms with Gasteiger partial charge in [0, 0.05) is 5.02 Å². The van der Waals surface area contributed by atoms with Crippen LogP contribution in [0.1, 0.15) is 29.7 Å². The number of hydrogen-bond donors (Lipinski definition) is 1.